The zero-order valence-electron chi connectivity index (χ0n) is 33.5. The van der Waals surface area contributed by atoms with Gasteiger partial charge in [0.2, 0.25) is 0 Å². The van der Waals surface area contributed by atoms with Crippen LogP contribution in [0.1, 0.15) is 22.5 Å². The predicted octanol–water partition coefficient (Wildman–Crippen LogP) is 8.62. The highest BCUT2D eigenvalue weighted by Crippen LogP contribution is 2.33. The SMILES string of the molecule is CS(=O)(=O)[13CH2][13CH2][15NH]Cc1ccc(-c2ccc3ncnc(Nc4ccc(OCc5cccc(F)c5)c(Cl)c4)c3c2)o1.Cc1ccc(S(=O)(=O)O)cc1.Cc1ccc(S(=O)(=O)O)cc1. The summed E-state index contributed by atoms with van der Waals surface area (Å²) in [7, 11) is -11.1. The molecule has 326 valence electrons. The first-order chi connectivity index (χ1) is 29.2. The van der Waals surface area contributed by atoms with Gasteiger partial charge in [0.15, 0.2) is 0 Å². The Morgan fingerprint density at radius 2 is 1.40 bits per heavy atom. The molecule has 0 spiro atoms. The van der Waals surface area contributed by atoms with E-state index in [4.69, 9.17) is 29.9 Å². The minimum atomic E-state index is -4.02. The summed E-state index contributed by atoms with van der Waals surface area (Å²) in [5.41, 5.74) is 4.90. The summed E-state index contributed by atoms with van der Waals surface area (Å²) >= 11 is 6.47. The number of hydrogen-bond donors (Lipinski definition) is 4. The van der Waals surface area contributed by atoms with Gasteiger partial charge in [-0.25, -0.2) is 22.8 Å². The molecule has 14 nitrogen and oxygen atoms in total. The van der Waals surface area contributed by atoms with Gasteiger partial charge in [0.05, 0.1) is 32.6 Å². The number of ether oxygens (including phenoxy) is 1. The van der Waals surface area contributed by atoms with Crippen molar-refractivity contribution in [3.8, 4) is 17.1 Å². The van der Waals surface area contributed by atoms with E-state index in [0.717, 1.165) is 27.6 Å². The van der Waals surface area contributed by atoms with E-state index in [-0.39, 0.29) is 28.0 Å². The maximum atomic E-state index is 13.4. The number of aromatic nitrogens is 2. The van der Waals surface area contributed by atoms with Crippen LogP contribution in [0.4, 0.5) is 15.9 Å². The first kappa shape index (κ1) is 47.3. The maximum absolute atomic E-state index is 13.4. The number of aryl methyl sites for hydroxylation is 2. The van der Waals surface area contributed by atoms with Crippen LogP contribution in [0, 0.1) is 19.7 Å². The van der Waals surface area contributed by atoms with Gasteiger partial charge in [0.1, 0.15) is 51.7 Å². The number of rotatable bonds is 13. The Morgan fingerprint density at radius 1 is 0.758 bits per heavy atom. The molecule has 0 unspecified atom stereocenters. The fourth-order valence-corrected chi connectivity index (χ4v) is 7.16. The summed E-state index contributed by atoms with van der Waals surface area (Å²) < 4.78 is 107. The molecule has 0 aliphatic rings. The number of nitrogens with zero attached hydrogens (tertiary/aromatic N) is 2. The average molecular weight is 928 g/mol. The molecule has 0 saturated heterocycles. The van der Waals surface area contributed by atoms with Gasteiger partial charge >= 0.3 is 0 Å². The van der Waals surface area contributed by atoms with Crippen LogP contribution in [0.25, 0.3) is 22.2 Å². The molecular formula is C43H42ClFN4O10S3. The number of anilines is 2. The molecule has 0 bridgehead atoms. The highest BCUT2D eigenvalue weighted by atomic mass is 35.5. The summed E-state index contributed by atoms with van der Waals surface area (Å²) in [6.45, 7) is 4.64. The van der Waals surface area contributed by atoms with E-state index in [0.29, 0.717) is 52.5 Å². The van der Waals surface area contributed by atoms with Crippen molar-refractivity contribution in [3.05, 3.63) is 161 Å². The lowest BCUT2D eigenvalue weighted by molar-refractivity contribution is 0.306. The van der Waals surface area contributed by atoms with Crippen molar-refractivity contribution in [1.82, 2.24) is 15.3 Å². The molecule has 0 fully saturated rings. The Morgan fingerprint density at radius 3 is 1.98 bits per heavy atom. The second-order valence-corrected chi connectivity index (χ2v) is 19.3. The van der Waals surface area contributed by atoms with Crippen LogP contribution in [0.3, 0.4) is 0 Å². The number of sulfone groups is 1. The number of nitrogens with one attached hydrogen (secondary N) is 2. The van der Waals surface area contributed by atoms with Gasteiger partial charge < -0.3 is 19.8 Å². The summed E-state index contributed by atoms with van der Waals surface area (Å²) in [5, 5.41) is 7.56. The van der Waals surface area contributed by atoms with Gasteiger partial charge in [-0.2, -0.15) is 16.8 Å². The summed E-state index contributed by atoms with van der Waals surface area (Å²) in [6.07, 6.45) is 2.69. The van der Waals surface area contributed by atoms with Gasteiger partial charge in [-0.3, -0.25) is 9.11 Å². The molecule has 2 aromatic heterocycles. The summed E-state index contributed by atoms with van der Waals surface area (Å²) in [4.78, 5) is 8.66. The predicted molar refractivity (Wildman–Crippen MR) is 236 cm³/mol. The molecule has 7 aromatic rings. The highest BCUT2D eigenvalue weighted by Gasteiger charge is 2.12. The molecule has 2 heterocycles. The summed E-state index contributed by atoms with van der Waals surface area (Å²) in [6, 6.07) is 33.0. The fraction of sp³-hybridized carbons (Fsp3) is 0.163. The van der Waals surface area contributed by atoms with E-state index in [9.17, 15) is 29.6 Å². The van der Waals surface area contributed by atoms with Crippen LogP contribution in [0.15, 0.2) is 142 Å². The minimum absolute atomic E-state index is 0.0664. The molecule has 4 N–H and O–H groups in total. The van der Waals surface area contributed by atoms with Crippen molar-refractivity contribution in [1.29, 1.82) is 0 Å². The van der Waals surface area contributed by atoms with E-state index >= 15 is 0 Å². The van der Waals surface area contributed by atoms with Crippen LogP contribution in [-0.4, -0.2) is 62.9 Å². The first-order valence-corrected chi connectivity index (χ1v) is 23.8. The molecular weight excluding hydrogens is 886 g/mol. The van der Waals surface area contributed by atoms with Crippen molar-refractivity contribution >= 4 is 64.1 Å². The molecule has 62 heavy (non-hydrogen) atoms. The molecule has 19 heteroatoms. The second kappa shape index (κ2) is 20.9. The molecule has 0 radical (unpaired) electrons. The number of hydrogen-bond acceptors (Lipinski definition) is 12. The van der Waals surface area contributed by atoms with Crippen LogP contribution in [0.2, 0.25) is 5.02 Å². The van der Waals surface area contributed by atoms with Crippen LogP contribution in [-0.2, 0) is 43.2 Å². The molecule has 7 rings (SSSR count). The third-order valence-corrected chi connectivity index (χ3v) is 11.6. The van der Waals surface area contributed by atoms with Gasteiger partial charge in [-0.05, 0) is 104 Å². The smallest absolute Gasteiger partial charge is 0.294 e. The number of halogens is 2. The number of furan rings is 1. The monoisotopic (exact) mass is 927 g/mol. The molecule has 0 saturated carbocycles. The van der Waals surface area contributed by atoms with Crippen LogP contribution >= 0.6 is 11.6 Å². The second-order valence-electron chi connectivity index (χ2n) is 13.8. The molecule has 0 aliphatic heterocycles. The first-order valence-electron chi connectivity index (χ1n) is 18.5. The Kier molecular flexibility index (Phi) is 15.9. The third kappa shape index (κ3) is 14.7. The van der Waals surface area contributed by atoms with Crippen LogP contribution in [0.5, 0.6) is 5.75 Å². The normalized spacial score (nSPS) is 11.5. The van der Waals surface area contributed by atoms with E-state index in [1.165, 1.54) is 49.0 Å². The van der Waals surface area contributed by atoms with E-state index in [2.05, 4.69) is 20.6 Å². The molecule has 0 amide bonds. The highest BCUT2D eigenvalue weighted by molar-refractivity contribution is 7.90. The molecule has 0 atom stereocenters. The maximum Gasteiger partial charge on any atom is 0.294 e. The standard InChI is InChI=1S/C29H26ClFN4O4S.2C7H8O3S/c1-40(36,37)12-11-32-16-23-7-10-27(39-23)20-5-8-26-24(14-20)29(34-18-33-26)35-22-6-9-28(25(30)15-22)38-17-19-3-2-4-21(31)13-19;2*1-6-2-4-7(5-3-6)11(8,9)10/h2-10,13-15,18,32H,11-12,16-17H2,1H3,(H,33,34,35);2*2-5H,1H3,(H,8,9,10)/i11+1,12+1,32+1;;. The van der Waals surface area contributed by atoms with Gasteiger partial charge in [0, 0.05) is 29.4 Å². The Bertz CT molecular complexity index is 2900. The Hall–Kier alpha value is -5.73. The summed E-state index contributed by atoms with van der Waals surface area (Å²) in [5.74, 6) is 2.17. The third-order valence-electron chi connectivity index (χ3n) is 8.65. The Balaban J connectivity index is 0.000000267. The van der Waals surface area contributed by atoms with Gasteiger partial charge in [0.25, 0.3) is 20.2 Å². The quantitative estimate of drug-likeness (QED) is 0.0369. The van der Waals surface area contributed by atoms with E-state index < -0.39 is 30.1 Å². The topological polar surface area (TPSA) is 215 Å². The number of fused-ring (bicyclic) bond motifs is 1. The Labute approximate surface area is 364 Å². The largest absolute Gasteiger partial charge is 0.487 e. The van der Waals surface area contributed by atoms with Crippen molar-refractivity contribution in [3.63, 3.8) is 0 Å². The van der Waals surface area contributed by atoms with Crippen molar-refractivity contribution in [2.24, 2.45) is 0 Å². The lowest BCUT2D eigenvalue weighted by Gasteiger charge is -2.12. The van der Waals surface area contributed by atoms with E-state index in [1.54, 1.807) is 48.5 Å². The van der Waals surface area contributed by atoms with Crippen molar-refractivity contribution in [2.75, 3.05) is 23.9 Å². The van der Waals surface area contributed by atoms with Crippen molar-refractivity contribution < 1.29 is 47.9 Å². The zero-order valence-corrected chi connectivity index (χ0v) is 36.7. The van der Waals surface area contributed by atoms with Gasteiger partial charge in [-0.15, -0.1) is 0 Å². The lowest BCUT2D eigenvalue weighted by atomic mass is 10.1. The molecule has 0 aliphatic carbocycles. The number of benzene rings is 5. The van der Waals surface area contributed by atoms with E-state index in [1.807, 2.05) is 50.2 Å². The van der Waals surface area contributed by atoms with Crippen molar-refractivity contribution in [2.45, 2.75) is 36.8 Å². The average Bonchev–Trinajstić information content (AvgIpc) is 3.68. The lowest BCUT2D eigenvalue weighted by Crippen LogP contribution is -2.21. The minimum Gasteiger partial charge on any atom is -0.487 e. The molecule has 5 aromatic carbocycles. The van der Waals surface area contributed by atoms with Crippen LogP contribution < -0.4 is 15.4 Å². The zero-order chi connectivity index (χ0) is 45.1. The fourth-order valence-electron chi connectivity index (χ4n) is 5.45. The van der Waals surface area contributed by atoms with Gasteiger partial charge in [-0.1, -0.05) is 59.1 Å².